The molecule has 1 N–H and O–H groups in total. The lowest BCUT2D eigenvalue weighted by atomic mass is 9.89. The van der Waals surface area contributed by atoms with E-state index in [1.165, 1.54) is 16.7 Å². The number of ether oxygens (including phenoxy) is 3. The maximum absolute atomic E-state index is 5.81. The zero-order valence-corrected chi connectivity index (χ0v) is 14.6. The summed E-state index contributed by atoms with van der Waals surface area (Å²) in [5.74, 6) is 2.52. The van der Waals surface area contributed by atoms with Gasteiger partial charge in [-0.1, -0.05) is 12.1 Å². The summed E-state index contributed by atoms with van der Waals surface area (Å²) in [4.78, 5) is 0. The zero-order valence-electron chi connectivity index (χ0n) is 14.6. The van der Waals surface area contributed by atoms with Gasteiger partial charge in [0.15, 0.2) is 11.5 Å². The fraction of sp³-hybridized carbons (Fsp3) is 0.400. The standard InChI is InChI=1S/C20H25NO3/c1-4-23-18-12-14-9-10-21-20(17(14)13-19(18)24-5-2)15-7-6-8-16(11-15)22-3/h6-8,11-13,20-21H,4-5,9-10H2,1-3H3/t20-/m0/s1. The largest absolute Gasteiger partial charge is 0.497 e. The van der Waals surface area contributed by atoms with Crippen molar-refractivity contribution in [2.75, 3.05) is 26.9 Å². The number of rotatable bonds is 6. The normalized spacial score (nSPS) is 16.4. The van der Waals surface area contributed by atoms with Crippen LogP contribution in [0.2, 0.25) is 0 Å². The van der Waals surface area contributed by atoms with Crippen molar-refractivity contribution in [3.05, 3.63) is 53.1 Å². The minimum atomic E-state index is 0.138. The Morgan fingerprint density at radius 2 is 1.79 bits per heavy atom. The van der Waals surface area contributed by atoms with Crippen molar-refractivity contribution in [1.29, 1.82) is 0 Å². The van der Waals surface area contributed by atoms with E-state index >= 15 is 0 Å². The topological polar surface area (TPSA) is 39.7 Å². The Morgan fingerprint density at radius 1 is 1.04 bits per heavy atom. The molecule has 1 aliphatic rings. The smallest absolute Gasteiger partial charge is 0.161 e. The molecule has 3 rings (SSSR count). The van der Waals surface area contributed by atoms with Crippen molar-refractivity contribution in [2.24, 2.45) is 0 Å². The Morgan fingerprint density at radius 3 is 2.50 bits per heavy atom. The van der Waals surface area contributed by atoms with E-state index in [1.807, 2.05) is 26.0 Å². The average molecular weight is 327 g/mol. The highest BCUT2D eigenvalue weighted by molar-refractivity contribution is 5.52. The molecule has 0 unspecified atom stereocenters. The lowest BCUT2D eigenvalue weighted by Gasteiger charge is -2.29. The molecule has 24 heavy (non-hydrogen) atoms. The van der Waals surface area contributed by atoms with Crippen molar-refractivity contribution in [1.82, 2.24) is 5.32 Å². The summed E-state index contributed by atoms with van der Waals surface area (Å²) in [6.07, 6.45) is 0.988. The first-order chi connectivity index (χ1) is 11.8. The van der Waals surface area contributed by atoms with Gasteiger partial charge in [0.05, 0.1) is 26.4 Å². The lowest BCUT2D eigenvalue weighted by Crippen LogP contribution is -2.30. The van der Waals surface area contributed by atoms with Crippen LogP contribution in [0.4, 0.5) is 0 Å². The molecule has 0 aromatic heterocycles. The number of hydrogen-bond donors (Lipinski definition) is 1. The summed E-state index contributed by atoms with van der Waals surface area (Å²) in [7, 11) is 1.70. The first-order valence-electron chi connectivity index (χ1n) is 8.56. The number of fused-ring (bicyclic) bond motifs is 1. The molecule has 0 aliphatic carbocycles. The van der Waals surface area contributed by atoms with Gasteiger partial charge in [0.1, 0.15) is 5.75 Å². The molecule has 0 fully saturated rings. The number of benzene rings is 2. The summed E-state index contributed by atoms with van der Waals surface area (Å²) in [5, 5.41) is 3.61. The molecule has 1 aliphatic heterocycles. The minimum absolute atomic E-state index is 0.138. The van der Waals surface area contributed by atoms with Gasteiger partial charge < -0.3 is 19.5 Å². The monoisotopic (exact) mass is 327 g/mol. The zero-order chi connectivity index (χ0) is 16.9. The van der Waals surface area contributed by atoms with Crippen LogP contribution in [0.25, 0.3) is 0 Å². The molecule has 2 aromatic rings. The predicted octanol–water partition coefficient (Wildman–Crippen LogP) is 3.73. The van der Waals surface area contributed by atoms with Gasteiger partial charge in [-0.25, -0.2) is 0 Å². The summed E-state index contributed by atoms with van der Waals surface area (Å²) in [6, 6.07) is 12.6. The molecule has 2 aromatic carbocycles. The van der Waals surface area contributed by atoms with Crippen LogP contribution in [0.15, 0.2) is 36.4 Å². The molecule has 4 nitrogen and oxygen atoms in total. The highest BCUT2D eigenvalue weighted by Crippen LogP contribution is 2.38. The van der Waals surface area contributed by atoms with Crippen LogP contribution in [0.3, 0.4) is 0 Å². The first-order valence-corrected chi connectivity index (χ1v) is 8.56. The minimum Gasteiger partial charge on any atom is -0.497 e. The molecular formula is C20H25NO3. The van der Waals surface area contributed by atoms with Crippen molar-refractivity contribution in [3.8, 4) is 17.2 Å². The van der Waals surface area contributed by atoms with Crippen molar-refractivity contribution in [2.45, 2.75) is 26.3 Å². The van der Waals surface area contributed by atoms with Crippen molar-refractivity contribution in [3.63, 3.8) is 0 Å². The van der Waals surface area contributed by atoms with Gasteiger partial charge >= 0.3 is 0 Å². The van der Waals surface area contributed by atoms with Crippen LogP contribution in [0, 0.1) is 0 Å². The van der Waals surface area contributed by atoms with E-state index in [0.717, 1.165) is 30.2 Å². The van der Waals surface area contributed by atoms with Crippen molar-refractivity contribution >= 4 is 0 Å². The molecule has 0 saturated carbocycles. The molecule has 0 saturated heterocycles. The van der Waals surface area contributed by atoms with E-state index in [1.54, 1.807) is 7.11 Å². The maximum Gasteiger partial charge on any atom is 0.161 e. The van der Waals surface area contributed by atoms with E-state index in [9.17, 15) is 0 Å². The fourth-order valence-corrected chi connectivity index (χ4v) is 3.22. The summed E-state index contributed by atoms with van der Waals surface area (Å²) in [5.41, 5.74) is 3.76. The molecule has 4 heteroatoms. The SMILES string of the molecule is CCOc1cc2c(cc1OCC)[C@H](c1cccc(OC)c1)NCC2. The summed E-state index contributed by atoms with van der Waals surface area (Å²) in [6.45, 7) is 6.18. The quantitative estimate of drug-likeness (QED) is 0.877. The van der Waals surface area contributed by atoms with Crippen LogP contribution >= 0.6 is 0 Å². The molecule has 0 spiro atoms. The molecular weight excluding hydrogens is 302 g/mol. The number of nitrogens with one attached hydrogen (secondary N) is 1. The third-order valence-corrected chi connectivity index (χ3v) is 4.29. The fourth-order valence-electron chi connectivity index (χ4n) is 3.22. The van der Waals surface area contributed by atoms with E-state index in [0.29, 0.717) is 13.2 Å². The van der Waals surface area contributed by atoms with Gasteiger partial charge in [0.25, 0.3) is 0 Å². The van der Waals surface area contributed by atoms with Gasteiger partial charge in [0, 0.05) is 6.54 Å². The molecule has 1 heterocycles. The Bertz CT molecular complexity index is 699. The van der Waals surface area contributed by atoms with Gasteiger partial charge in [-0.05, 0) is 61.2 Å². The van der Waals surface area contributed by atoms with Gasteiger partial charge in [0.2, 0.25) is 0 Å². The predicted molar refractivity (Wildman–Crippen MR) is 95.3 cm³/mol. The first kappa shape index (κ1) is 16.7. The van der Waals surface area contributed by atoms with Crippen LogP contribution < -0.4 is 19.5 Å². The van der Waals surface area contributed by atoms with Gasteiger partial charge in [-0.2, -0.15) is 0 Å². The Labute approximate surface area is 143 Å². The highest BCUT2D eigenvalue weighted by Gasteiger charge is 2.24. The average Bonchev–Trinajstić information content (AvgIpc) is 2.62. The summed E-state index contributed by atoms with van der Waals surface area (Å²) < 4.78 is 16.9. The second kappa shape index (κ2) is 7.58. The number of methoxy groups -OCH3 is 1. The molecule has 0 radical (unpaired) electrons. The lowest BCUT2D eigenvalue weighted by molar-refractivity contribution is 0.286. The van der Waals surface area contributed by atoms with E-state index < -0.39 is 0 Å². The number of hydrogen-bond acceptors (Lipinski definition) is 4. The molecule has 128 valence electrons. The second-order valence-electron chi connectivity index (χ2n) is 5.78. The Kier molecular flexibility index (Phi) is 5.26. The Balaban J connectivity index is 2.03. The van der Waals surface area contributed by atoms with Crippen LogP contribution in [-0.2, 0) is 6.42 Å². The highest BCUT2D eigenvalue weighted by atomic mass is 16.5. The van der Waals surface area contributed by atoms with Gasteiger partial charge in [-0.15, -0.1) is 0 Å². The van der Waals surface area contributed by atoms with Crippen molar-refractivity contribution < 1.29 is 14.2 Å². The van der Waals surface area contributed by atoms with Gasteiger partial charge in [-0.3, -0.25) is 0 Å². The second-order valence-corrected chi connectivity index (χ2v) is 5.78. The van der Waals surface area contributed by atoms with E-state index in [2.05, 4.69) is 29.6 Å². The molecule has 0 bridgehead atoms. The van der Waals surface area contributed by atoms with Crippen LogP contribution in [-0.4, -0.2) is 26.9 Å². The van der Waals surface area contributed by atoms with E-state index in [4.69, 9.17) is 14.2 Å². The molecule has 0 amide bonds. The van der Waals surface area contributed by atoms with E-state index in [-0.39, 0.29) is 6.04 Å². The Hall–Kier alpha value is -2.20. The maximum atomic E-state index is 5.81. The summed E-state index contributed by atoms with van der Waals surface area (Å²) >= 11 is 0. The van der Waals surface area contributed by atoms with Crippen LogP contribution in [0.1, 0.15) is 36.6 Å². The van der Waals surface area contributed by atoms with Crippen LogP contribution in [0.5, 0.6) is 17.2 Å². The third-order valence-electron chi connectivity index (χ3n) is 4.29. The third kappa shape index (κ3) is 3.34. The molecule has 1 atom stereocenters.